The van der Waals surface area contributed by atoms with Crippen molar-refractivity contribution >= 4 is 21.4 Å². The maximum atomic E-state index is 12.2. The van der Waals surface area contributed by atoms with E-state index in [0.29, 0.717) is 13.0 Å². The van der Waals surface area contributed by atoms with Gasteiger partial charge in [-0.2, -0.15) is 0 Å². The first-order valence-electron chi connectivity index (χ1n) is 8.80. The van der Waals surface area contributed by atoms with Crippen molar-refractivity contribution in [3.8, 4) is 5.75 Å². The predicted molar refractivity (Wildman–Crippen MR) is 104 cm³/mol. The van der Waals surface area contributed by atoms with Crippen LogP contribution in [0.4, 0.5) is 5.69 Å². The molecule has 1 aliphatic rings. The van der Waals surface area contributed by atoms with Gasteiger partial charge in [0.1, 0.15) is 11.4 Å². The van der Waals surface area contributed by atoms with Crippen LogP contribution >= 0.6 is 0 Å². The van der Waals surface area contributed by atoms with Crippen LogP contribution in [0.5, 0.6) is 5.75 Å². The summed E-state index contributed by atoms with van der Waals surface area (Å²) in [6.45, 7) is 0.702. The average molecular weight is 389 g/mol. The Morgan fingerprint density at radius 2 is 2.07 bits per heavy atom. The number of nitrogens with zero attached hydrogens (tertiary/aromatic N) is 1. The molecule has 2 heterocycles. The molecule has 1 amide bonds. The van der Waals surface area contributed by atoms with Gasteiger partial charge in [-0.15, -0.1) is 0 Å². The number of rotatable bonds is 7. The topological polar surface area (TPSA) is 97.4 Å². The number of carbonyl (C=O) groups excluding carboxylic acids is 1. The molecular formula is C19H23N3O4S. The van der Waals surface area contributed by atoms with Crippen molar-refractivity contribution in [1.82, 2.24) is 10.3 Å². The van der Waals surface area contributed by atoms with E-state index in [1.54, 1.807) is 25.4 Å². The number of carbonyl (C=O) groups is 1. The molecule has 0 bridgehead atoms. The molecule has 1 saturated heterocycles. The molecule has 1 atom stereocenters. The molecule has 27 heavy (non-hydrogen) atoms. The van der Waals surface area contributed by atoms with E-state index in [2.05, 4.69) is 15.6 Å². The molecule has 2 N–H and O–H groups in total. The number of methoxy groups -OCH3 is 1. The highest BCUT2D eigenvalue weighted by atomic mass is 32.2. The molecule has 3 rings (SSSR count). The van der Waals surface area contributed by atoms with E-state index in [4.69, 9.17) is 4.74 Å². The first-order chi connectivity index (χ1) is 13.0. The van der Waals surface area contributed by atoms with Gasteiger partial charge in [0.05, 0.1) is 30.5 Å². The van der Waals surface area contributed by atoms with E-state index in [1.165, 1.54) is 0 Å². The summed E-state index contributed by atoms with van der Waals surface area (Å²) < 4.78 is 28.3. The van der Waals surface area contributed by atoms with Gasteiger partial charge in [-0.05, 0) is 36.6 Å². The molecular weight excluding hydrogens is 366 g/mol. The van der Waals surface area contributed by atoms with Crippen LogP contribution in [0, 0.1) is 0 Å². The minimum Gasteiger partial charge on any atom is -0.496 e. The minimum atomic E-state index is -3.02. The van der Waals surface area contributed by atoms with Crippen molar-refractivity contribution in [1.29, 1.82) is 0 Å². The number of hydrogen-bond acceptors (Lipinski definition) is 6. The Balaban J connectivity index is 1.50. The molecule has 0 saturated carbocycles. The van der Waals surface area contributed by atoms with Gasteiger partial charge in [-0.25, -0.2) is 13.4 Å². The second-order valence-electron chi connectivity index (χ2n) is 6.49. The Morgan fingerprint density at radius 3 is 2.74 bits per heavy atom. The van der Waals surface area contributed by atoms with E-state index in [1.807, 2.05) is 24.3 Å². The average Bonchev–Trinajstić information content (AvgIpc) is 3.01. The number of ether oxygens (including phenoxy) is 1. The zero-order valence-electron chi connectivity index (χ0n) is 15.1. The first kappa shape index (κ1) is 19.2. The van der Waals surface area contributed by atoms with Crippen LogP contribution in [0.15, 0.2) is 42.6 Å². The Labute approximate surface area is 159 Å². The Kier molecular flexibility index (Phi) is 5.95. The minimum absolute atomic E-state index is 0.00132. The summed E-state index contributed by atoms with van der Waals surface area (Å²) in [5, 5.41) is 6.00. The van der Waals surface area contributed by atoms with Crippen LogP contribution in [0.25, 0.3) is 0 Å². The molecule has 1 aromatic carbocycles. The fourth-order valence-corrected chi connectivity index (χ4v) is 4.73. The number of anilines is 1. The molecule has 1 unspecified atom stereocenters. The van der Waals surface area contributed by atoms with Gasteiger partial charge in [0.2, 0.25) is 0 Å². The summed E-state index contributed by atoms with van der Waals surface area (Å²) in [4.78, 5) is 16.4. The van der Waals surface area contributed by atoms with Gasteiger partial charge in [-0.1, -0.05) is 18.2 Å². The summed E-state index contributed by atoms with van der Waals surface area (Å²) in [6, 6.07) is 10.9. The summed E-state index contributed by atoms with van der Waals surface area (Å²) in [5.74, 6) is 0.637. The second kappa shape index (κ2) is 8.39. The SMILES string of the molecule is COc1ccccc1CCNc1ccc(C(=O)NC2CCS(=O)(=O)C2)nc1. The lowest BCUT2D eigenvalue weighted by Crippen LogP contribution is -2.36. The molecule has 2 aromatic rings. The lowest BCUT2D eigenvalue weighted by Gasteiger charge is -2.11. The van der Waals surface area contributed by atoms with E-state index in [-0.39, 0.29) is 29.1 Å². The van der Waals surface area contributed by atoms with E-state index < -0.39 is 9.84 Å². The third-order valence-corrected chi connectivity index (χ3v) is 6.25. The highest BCUT2D eigenvalue weighted by Gasteiger charge is 2.29. The standard InChI is InChI=1S/C19H23N3O4S/c1-26-18-5-3-2-4-14(18)8-10-20-15-6-7-17(21-12-15)19(23)22-16-9-11-27(24,25)13-16/h2-7,12,16,20H,8-11,13H2,1H3,(H,22,23). The zero-order valence-corrected chi connectivity index (χ0v) is 16.0. The van der Waals surface area contributed by atoms with Crippen LogP contribution in [0.2, 0.25) is 0 Å². The van der Waals surface area contributed by atoms with Gasteiger partial charge < -0.3 is 15.4 Å². The van der Waals surface area contributed by atoms with Crippen molar-refractivity contribution in [2.24, 2.45) is 0 Å². The Hall–Kier alpha value is -2.61. The third kappa shape index (κ3) is 5.19. The van der Waals surface area contributed by atoms with Gasteiger partial charge in [0, 0.05) is 12.6 Å². The second-order valence-corrected chi connectivity index (χ2v) is 8.72. The molecule has 1 aromatic heterocycles. The fourth-order valence-electron chi connectivity index (χ4n) is 3.05. The summed E-state index contributed by atoms with van der Waals surface area (Å²) in [5.41, 5.74) is 2.20. The highest BCUT2D eigenvalue weighted by Crippen LogP contribution is 2.18. The quantitative estimate of drug-likeness (QED) is 0.748. The van der Waals surface area contributed by atoms with Crippen molar-refractivity contribution < 1.29 is 17.9 Å². The lowest BCUT2D eigenvalue weighted by molar-refractivity contribution is 0.0936. The number of hydrogen-bond donors (Lipinski definition) is 2. The van der Waals surface area contributed by atoms with Crippen LogP contribution < -0.4 is 15.4 Å². The third-order valence-electron chi connectivity index (χ3n) is 4.48. The first-order valence-corrected chi connectivity index (χ1v) is 10.6. The smallest absolute Gasteiger partial charge is 0.270 e. The fraction of sp³-hybridized carbons (Fsp3) is 0.368. The highest BCUT2D eigenvalue weighted by molar-refractivity contribution is 7.91. The number of nitrogens with one attached hydrogen (secondary N) is 2. The normalized spacial score (nSPS) is 18.0. The van der Waals surface area contributed by atoms with Gasteiger partial charge >= 0.3 is 0 Å². The van der Waals surface area contributed by atoms with Crippen molar-refractivity contribution in [2.45, 2.75) is 18.9 Å². The van der Waals surface area contributed by atoms with E-state index in [0.717, 1.165) is 23.4 Å². The number of amides is 1. The van der Waals surface area contributed by atoms with Crippen LogP contribution in [0.1, 0.15) is 22.5 Å². The molecule has 0 radical (unpaired) electrons. The Bertz CT molecular complexity index is 897. The van der Waals surface area contributed by atoms with Crippen LogP contribution in [0.3, 0.4) is 0 Å². The Morgan fingerprint density at radius 1 is 1.26 bits per heavy atom. The molecule has 1 fully saturated rings. The summed E-state index contributed by atoms with van der Waals surface area (Å²) in [6.07, 6.45) is 2.85. The summed E-state index contributed by atoms with van der Waals surface area (Å²) >= 11 is 0. The molecule has 8 heteroatoms. The number of pyridine rings is 1. The predicted octanol–water partition coefficient (Wildman–Crippen LogP) is 1.66. The maximum Gasteiger partial charge on any atom is 0.270 e. The largest absolute Gasteiger partial charge is 0.496 e. The molecule has 1 aliphatic heterocycles. The number of benzene rings is 1. The van der Waals surface area contributed by atoms with E-state index >= 15 is 0 Å². The van der Waals surface area contributed by atoms with Crippen molar-refractivity contribution in [3.05, 3.63) is 53.9 Å². The zero-order chi connectivity index (χ0) is 19.3. The summed E-state index contributed by atoms with van der Waals surface area (Å²) in [7, 11) is -1.37. The number of aromatic nitrogens is 1. The molecule has 0 aliphatic carbocycles. The van der Waals surface area contributed by atoms with Gasteiger partial charge in [-0.3, -0.25) is 4.79 Å². The van der Waals surface area contributed by atoms with Gasteiger partial charge in [0.25, 0.3) is 5.91 Å². The van der Waals surface area contributed by atoms with Gasteiger partial charge in [0.15, 0.2) is 9.84 Å². The molecule has 7 nitrogen and oxygen atoms in total. The van der Waals surface area contributed by atoms with Crippen molar-refractivity contribution in [2.75, 3.05) is 30.5 Å². The number of sulfone groups is 1. The monoisotopic (exact) mass is 389 g/mol. The van der Waals surface area contributed by atoms with E-state index in [9.17, 15) is 13.2 Å². The van der Waals surface area contributed by atoms with Crippen LogP contribution in [-0.4, -0.2) is 50.5 Å². The number of para-hydroxylation sites is 1. The lowest BCUT2D eigenvalue weighted by atomic mass is 10.1. The van der Waals surface area contributed by atoms with Crippen LogP contribution in [-0.2, 0) is 16.3 Å². The molecule has 144 valence electrons. The maximum absolute atomic E-state index is 12.2. The molecule has 0 spiro atoms. The van der Waals surface area contributed by atoms with Crippen molar-refractivity contribution in [3.63, 3.8) is 0 Å².